The Bertz CT molecular complexity index is 531. The second kappa shape index (κ2) is 2.75. The lowest BCUT2D eigenvalue weighted by Crippen LogP contribution is -2.15. The van der Waals surface area contributed by atoms with Crippen molar-refractivity contribution in [2.24, 2.45) is 0 Å². The van der Waals surface area contributed by atoms with Crippen LogP contribution in [0.1, 0.15) is 0 Å². The van der Waals surface area contributed by atoms with Crippen LogP contribution < -0.4 is 5.69 Å². The van der Waals surface area contributed by atoms with Crippen LogP contribution in [0.3, 0.4) is 0 Å². The molecule has 1 N–H and O–H groups in total. The van der Waals surface area contributed by atoms with Crippen molar-refractivity contribution in [3.8, 4) is 6.07 Å². The minimum Gasteiger partial charge on any atom is -0.290 e. The van der Waals surface area contributed by atoms with Crippen LogP contribution >= 0.6 is 0 Å². The lowest BCUT2D eigenvalue weighted by atomic mass is 10.4. The fourth-order valence-corrected chi connectivity index (χ4v) is 1.22. The van der Waals surface area contributed by atoms with E-state index >= 15 is 0 Å². The molecule has 0 spiro atoms. The van der Waals surface area contributed by atoms with Crippen LogP contribution in [0.5, 0.6) is 0 Å². The maximum atomic E-state index is 11.2. The van der Waals surface area contributed by atoms with Crippen LogP contribution in [0.4, 0.5) is 0 Å². The van der Waals surface area contributed by atoms with E-state index < -0.39 is 0 Å². The summed E-state index contributed by atoms with van der Waals surface area (Å²) in [6.45, 7) is 0.0462. The van der Waals surface area contributed by atoms with Gasteiger partial charge in [0, 0.05) is 6.20 Å². The third kappa shape index (κ3) is 1.08. The summed E-state index contributed by atoms with van der Waals surface area (Å²) < 4.78 is 1.35. The molecule has 0 saturated carbocycles. The molecule has 0 fully saturated rings. The minimum atomic E-state index is -0.296. The van der Waals surface area contributed by atoms with Gasteiger partial charge in [0.05, 0.1) is 11.6 Å². The van der Waals surface area contributed by atoms with Crippen molar-refractivity contribution < 1.29 is 0 Å². The van der Waals surface area contributed by atoms with Crippen LogP contribution in [0.2, 0.25) is 0 Å². The Hall–Kier alpha value is -2.09. The highest BCUT2D eigenvalue weighted by atomic mass is 16.1. The zero-order valence-electron chi connectivity index (χ0n) is 6.69. The van der Waals surface area contributed by atoms with E-state index in [-0.39, 0.29) is 12.2 Å². The normalized spacial score (nSPS) is 10.1. The summed E-state index contributed by atoms with van der Waals surface area (Å²) >= 11 is 0. The van der Waals surface area contributed by atoms with E-state index in [0.29, 0.717) is 11.2 Å². The highest BCUT2D eigenvalue weighted by Crippen LogP contribution is 2.04. The first-order chi connectivity index (χ1) is 6.33. The van der Waals surface area contributed by atoms with Gasteiger partial charge in [-0.15, -0.1) is 0 Å². The SMILES string of the molecule is N#CCn1c(=O)[nH]c2ncccc21. The zero-order chi connectivity index (χ0) is 9.26. The lowest BCUT2D eigenvalue weighted by molar-refractivity contribution is 0.817. The number of aromatic amines is 1. The van der Waals surface area contributed by atoms with E-state index in [0.717, 1.165) is 0 Å². The van der Waals surface area contributed by atoms with Crippen molar-refractivity contribution in [2.75, 3.05) is 0 Å². The smallest absolute Gasteiger partial charge is 0.290 e. The molecule has 64 valence electrons. The second-order valence-corrected chi connectivity index (χ2v) is 2.55. The molecule has 0 amide bonds. The average molecular weight is 174 g/mol. The summed E-state index contributed by atoms with van der Waals surface area (Å²) in [5, 5.41) is 8.48. The van der Waals surface area contributed by atoms with Gasteiger partial charge in [-0.1, -0.05) is 0 Å². The van der Waals surface area contributed by atoms with Gasteiger partial charge < -0.3 is 0 Å². The molecular formula is C8H6N4O. The van der Waals surface area contributed by atoms with Crippen molar-refractivity contribution in [1.82, 2.24) is 14.5 Å². The van der Waals surface area contributed by atoms with Crippen molar-refractivity contribution in [2.45, 2.75) is 6.54 Å². The van der Waals surface area contributed by atoms with E-state index in [1.807, 2.05) is 6.07 Å². The van der Waals surface area contributed by atoms with Crippen molar-refractivity contribution in [3.63, 3.8) is 0 Å². The number of fused-ring (bicyclic) bond motifs is 1. The number of nitrogens with one attached hydrogen (secondary N) is 1. The number of imidazole rings is 1. The Morgan fingerprint density at radius 2 is 2.54 bits per heavy atom. The number of nitriles is 1. The summed E-state index contributed by atoms with van der Waals surface area (Å²) in [6, 6.07) is 5.39. The van der Waals surface area contributed by atoms with Gasteiger partial charge in [0.2, 0.25) is 0 Å². The second-order valence-electron chi connectivity index (χ2n) is 2.55. The Morgan fingerprint density at radius 1 is 1.69 bits per heavy atom. The Kier molecular flexibility index (Phi) is 1.60. The van der Waals surface area contributed by atoms with E-state index in [9.17, 15) is 4.79 Å². The van der Waals surface area contributed by atoms with E-state index in [1.54, 1.807) is 18.3 Å². The monoisotopic (exact) mass is 174 g/mol. The standard InChI is InChI=1S/C8H6N4O/c9-3-5-12-6-2-1-4-10-7(6)11-8(12)13/h1-2,4H,5H2,(H,10,11,13). The molecule has 0 aliphatic rings. The van der Waals surface area contributed by atoms with Gasteiger partial charge in [0.25, 0.3) is 0 Å². The molecule has 0 atom stereocenters. The van der Waals surface area contributed by atoms with Crippen LogP contribution in [0.15, 0.2) is 23.1 Å². The first kappa shape index (κ1) is 7.55. The average Bonchev–Trinajstić information content (AvgIpc) is 2.44. The van der Waals surface area contributed by atoms with Gasteiger partial charge in [-0.25, -0.2) is 9.78 Å². The summed E-state index contributed by atoms with van der Waals surface area (Å²) in [5.41, 5.74) is 0.882. The number of aromatic nitrogens is 3. The molecule has 2 heterocycles. The Morgan fingerprint density at radius 3 is 3.31 bits per heavy atom. The van der Waals surface area contributed by atoms with E-state index in [4.69, 9.17) is 5.26 Å². The molecule has 2 aromatic rings. The van der Waals surface area contributed by atoms with Gasteiger partial charge in [-0.2, -0.15) is 5.26 Å². The number of hydrogen-bond donors (Lipinski definition) is 1. The maximum Gasteiger partial charge on any atom is 0.328 e. The molecule has 2 rings (SSSR count). The van der Waals surface area contributed by atoms with Crippen molar-refractivity contribution in [1.29, 1.82) is 5.26 Å². The highest BCUT2D eigenvalue weighted by Gasteiger charge is 2.04. The van der Waals surface area contributed by atoms with Crippen molar-refractivity contribution in [3.05, 3.63) is 28.8 Å². The number of H-pyrrole nitrogens is 1. The molecule has 0 aromatic carbocycles. The molecule has 5 heteroatoms. The minimum absolute atomic E-state index is 0.0462. The fraction of sp³-hybridized carbons (Fsp3) is 0.125. The Labute approximate surface area is 73.3 Å². The largest absolute Gasteiger partial charge is 0.328 e. The molecule has 0 bridgehead atoms. The van der Waals surface area contributed by atoms with Crippen LogP contribution in [-0.4, -0.2) is 14.5 Å². The van der Waals surface area contributed by atoms with Crippen LogP contribution in [0.25, 0.3) is 11.2 Å². The van der Waals surface area contributed by atoms with E-state index in [2.05, 4.69) is 9.97 Å². The number of rotatable bonds is 1. The molecule has 0 aliphatic carbocycles. The number of hydrogen-bond acceptors (Lipinski definition) is 3. The summed E-state index contributed by atoms with van der Waals surface area (Å²) in [4.78, 5) is 17.8. The topological polar surface area (TPSA) is 74.5 Å². The number of pyridine rings is 1. The summed E-state index contributed by atoms with van der Waals surface area (Å²) in [5.74, 6) is 0. The van der Waals surface area contributed by atoms with E-state index in [1.165, 1.54) is 4.57 Å². The molecule has 0 unspecified atom stereocenters. The third-order valence-corrected chi connectivity index (χ3v) is 1.78. The molecule has 0 saturated heterocycles. The predicted octanol–water partition coefficient (Wildman–Crippen LogP) is 0.248. The fourth-order valence-electron chi connectivity index (χ4n) is 1.22. The van der Waals surface area contributed by atoms with Gasteiger partial charge in [-0.05, 0) is 12.1 Å². The summed E-state index contributed by atoms with van der Waals surface area (Å²) in [7, 11) is 0. The quantitative estimate of drug-likeness (QED) is 0.673. The van der Waals surface area contributed by atoms with Gasteiger partial charge in [-0.3, -0.25) is 9.55 Å². The first-order valence-corrected chi connectivity index (χ1v) is 3.73. The first-order valence-electron chi connectivity index (χ1n) is 3.73. The molecule has 5 nitrogen and oxygen atoms in total. The molecule has 2 aromatic heterocycles. The molecule has 13 heavy (non-hydrogen) atoms. The van der Waals surface area contributed by atoms with Crippen LogP contribution in [0, 0.1) is 11.3 Å². The summed E-state index contributed by atoms with van der Waals surface area (Å²) in [6.07, 6.45) is 1.59. The Balaban J connectivity index is 2.80. The lowest BCUT2D eigenvalue weighted by Gasteiger charge is -1.92. The van der Waals surface area contributed by atoms with Gasteiger partial charge in [0.15, 0.2) is 5.65 Å². The maximum absolute atomic E-state index is 11.2. The molecule has 0 radical (unpaired) electrons. The molecule has 0 aliphatic heterocycles. The zero-order valence-corrected chi connectivity index (χ0v) is 6.69. The third-order valence-electron chi connectivity index (χ3n) is 1.78. The van der Waals surface area contributed by atoms with Gasteiger partial charge >= 0.3 is 5.69 Å². The predicted molar refractivity (Wildman–Crippen MR) is 46.0 cm³/mol. The van der Waals surface area contributed by atoms with Crippen LogP contribution in [-0.2, 0) is 6.54 Å². The highest BCUT2D eigenvalue weighted by molar-refractivity contribution is 5.70. The molecular weight excluding hydrogens is 168 g/mol. The number of nitrogens with zero attached hydrogens (tertiary/aromatic N) is 3. The van der Waals surface area contributed by atoms with Crippen molar-refractivity contribution >= 4 is 11.2 Å². The van der Waals surface area contributed by atoms with Gasteiger partial charge in [0.1, 0.15) is 6.54 Å².